The maximum atomic E-state index is 12.6. The summed E-state index contributed by atoms with van der Waals surface area (Å²) in [4.78, 5) is 11.7. The number of sulfonamides is 1. The fourth-order valence-electron chi connectivity index (χ4n) is 3.44. The number of aliphatic hydroxyl groups excluding tert-OH is 1. The average Bonchev–Trinajstić information content (AvgIpc) is 3.06. The third-order valence-electron chi connectivity index (χ3n) is 4.58. The lowest BCUT2D eigenvalue weighted by atomic mass is 10.0. The van der Waals surface area contributed by atoms with E-state index in [0.29, 0.717) is 32.1 Å². The van der Waals surface area contributed by atoms with Gasteiger partial charge < -0.3 is 9.84 Å². The standard InChI is InChI=1S/C13H23NO5S/c1-19-12(16)10-5-4-6-11(10)20(17,18)14-13(9-15)7-2-3-8-13/h10-11,14-15H,2-9H2,1H3. The van der Waals surface area contributed by atoms with E-state index >= 15 is 0 Å². The summed E-state index contributed by atoms with van der Waals surface area (Å²) >= 11 is 0. The lowest BCUT2D eigenvalue weighted by Gasteiger charge is -2.30. The molecule has 0 aromatic heterocycles. The van der Waals surface area contributed by atoms with Crippen LogP contribution in [-0.4, -0.2) is 44.0 Å². The van der Waals surface area contributed by atoms with Crippen molar-refractivity contribution in [1.29, 1.82) is 0 Å². The summed E-state index contributed by atoms with van der Waals surface area (Å²) in [7, 11) is -2.35. The van der Waals surface area contributed by atoms with Crippen molar-refractivity contribution in [3.8, 4) is 0 Å². The molecular formula is C13H23NO5S. The summed E-state index contributed by atoms with van der Waals surface area (Å²) in [5.74, 6) is -1.04. The molecule has 2 unspecified atom stereocenters. The van der Waals surface area contributed by atoms with E-state index in [0.717, 1.165) is 12.8 Å². The number of esters is 1. The molecule has 2 saturated carbocycles. The highest BCUT2D eigenvalue weighted by molar-refractivity contribution is 7.90. The summed E-state index contributed by atoms with van der Waals surface area (Å²) in [6.07, 6.45) is 4.84. The molecule has 20 heavy (non-hydrogen) atoms. The highest BCUT2D eigenvalue weighted by Crippen LogP contribution is 2.35. The fourth-order valence-corrected chi connectivity index (χ4v) is 5.62. The summed E-state index contributed by atoms with van der Waals surface area (Å²) < 4.78 is 32.5. The van der Waals surface area contributed by atoms with Crippen LogP contribution in [0.2, 0.25) is 0 Å². The molecule has 0 spiro atoms. The Morgan fingerprint density at radius 1 is 1.30 bits per heavy atom. The van der Waals surface area contributed by atoms with Crippen LogP contribution in [-0.2, 0) is 19.6 Å². The fraction of sp³-hybridized carbons (Fsp3) is 0.923. The van der Waals surface area contributed by atoms with Crippen LogP contribution in [0.4, 0.5) is 0 Å². The van der Waals surface area contributed by atoms with E-state index in [2.05, 4.69) is 4.72 Å². The van der Waals surface area contributed by atoms with Crippen LogP contribution in [0.15, 0.2) is 0 Å². The lowest BCUT2D eigenvalue weighted by Crippen LogP contribution is -2.53. The van der Waals surface area contributed by atoms with Crippen LogP contribution < -0.4 is 4.72 Å². The normalized spacial score (nSPS) is 29.5. The number of methoxy groups -OCH3 is 1. The van der Waals surface area contributed by atoms with Gasteiger partial charge in [0.15, 0.2) is 0 Å². The van der Waals surface area contributed by atoms with Crippen LogP contribution in [0.1, 0.15) is 44.9 Å². The molecule has 0 radical (unpaired) electrons. The largest absolute Gasteiger partial charge is 0.469 e. The van der Waals surface area contributed by atoms with Crippen molar-refractivity contribution in [2.75, 3.05) is 13.7 Å². The van der Waals surface area contributed by atoms with E-state index in [1.165, 1.54) is 7.11 Å². The minimum absolute atomic E-state index is 0.193. The van der Waals surface area contributed by atoms with Gasteiger partial charge in [-0.3, -0.25) is 4.79 Å². The minimum Gasteiger partial charge on any atom is -0.469 e. The Morgan fingerprint density at radius 2 is 1.95 bits per heavy atom. The number of hydrogen-bond donors (Lipinski definition) is 2. The van der Waals surface area contributed by atoms with Gasteiger partial charge in [-0.25, -0.2) is 13.1 Å². The van der Waals surface area contributed by atoms with Gasteiger partial charge in [0.05, 0.1) is 30.4 Å². The molecule has 6 nitrogen and oxygen atoms in total. The topological polar surface area (TPSA) is 92.7 Å². The first kappa shape index (κ1) is 15.7. The molecule has 0 aromatic rings. The van der Waals surface area contributed by atoms with Crippen LogP contribution in [0.5, 0.6) is 0 Å². The Labute approximate surface area is 119 Å². The van der Waals surface area contributed by atoms with Crippen LogP contribution in [0.25, 0.3) is 0 Å². The lowest BCUT2D eigenvalue weighted by molar-refractivity contribution is -0.145. The number of hydrogen-bond acceptors (Lipinski definition) is 5. The van der Waals surface area contributed by atoms with Gasteiger partial charge in [0.2, 0.25) is 10.0 Å². The first-order valence-electron chi connectivity index (χ1n) is 7.16. The summed E-state index contributed by atoms with van der Waals surface area (Å²) in [5.41, 5.74) is -0.734. The Hall–Kier alpha value is -0.660. The molecule has 2 aliphatic rings. The monoisotopic (exact) mass is 305 g/mol. The number of ether oxygens (including phenoxy) is 1. The van der Waals surface area contributed by atoms with Gasteiger partial charge in [0.1, 0.15) is 0 Å². The molecule has 2 rings (SSSR count). The second kappa shape index (κ2) is 5.99. The molecule has 0 saturated heterocycles. The van der Waals surface area contributed by atoms with Gasteiger partial charge in [0, 0.05) is 0 Å². The van der Waals surface area contributed by atoms with E-state index in [9.17, 15) is 18.3 Å². The quantitative estimate of drug-likeness (QED) is 0.724. The maximum absolute atomic E-state index is 12.6. The van der Waals surface area contributed by atoms with Crippen molar-refractivity contribution in [3.63, 3.8) is 0 Å². The summed E-state index contributed by atoms with van der Waals surface area (Å²) in [5, 5.41) is 8.79. The van der Waals surface area contributed by atoms with Gasteiger partial charge in [-0.15, -0.1) is 0 Å². The number of carbonyl (C=O) groups excluding carboxylic acids is 1. The Bertz CT molecular complexity index is 455. The maximum Gasteiger partial charge on any atom is 0.310 e. The molecular weight excluding hydrogens is 282 g/mol. The first-order valence-corrected chi connectivity index (χ1v) is 8.70. The zero-order valence-corrected chi connectivity index (χ0v) is 12.6. The molecule has 7 heteroatoms. The van der Waals surface area contributed by atoms with Crippen LogP contribution in [0.3, 0.4) is 0 Å². The molecule has 0 amide bonds. The highest BCUT2D eigenvalue weighted by atomic mass is 32.2. The van der Waals surface area contributed by atoms with Gasteiger partial charge >= 0.3 is 5.97 Å². The molecule has 0 aromatic carbocycles. The third-order valence-corrected chi connectivity index (χ3v) is 6.66. The Balaban J connectivity index is 2.15. The molecule has 0 heterocycles. The zero-order valence-electron chi connectivity index (χ0n) is 11.8. The molecule has 0 aliphatic heterocycles. The Morgan fingerprint density at radius 3 is 2.50 bits per heavy atom. The van der Waals surface area contributed by atoms with Crippen molar-refractivity contribution in [1.82, 2.24) is 4.72 Å². The van der Waals surface area contributed by atoms with Crippen molar-refractivity contribution >= 4 is 16.0 Å². The molecule has 2 atom stereocenters. The van der Waals surface area contributed by atoms with Crippen molar-refractivity contribution in [2.24, 2.45) is 5.92 Å². The van der Waals surface area contributed by atoms with Crippen LogP contribution >= 0.6 is 0 Å². The smallest absolute Gasteiger partial charge is 0.310 e. The second-order valence-electron chi connectivity index (χ2n) is 5.89. The average molecular weight is 305 g/mol. The number of carbonyl (C=O) groups is 1. The van der Waals surface area contributed by atoms with Crippen LogP contribution in [0, 0.1) is 5.92 Å². The summed E-state index contributed by atoms with van der Waals surface area (Å²) in [6.45, 7) is -0.193. The molecule has 2 aliphatic carbocycles. The second-order valence-corrected chi connectivity index (χ2v) is 7.79. The summed E-state index contributed by atoms with van der Waals surface area (Å²) in [6, 6.07) is 0. The van der Waals surface area contributed by atoms with Crippen molar-refractivity contribution in [3.05, 3.63) is 0 Å². The minimum atomic E-state index is -3.63. The highest BCUT2D eigenvalue weighted by Gasteiger charge is 2.46. The zero-order chi connectivity index (χ0) is 14.8. The number of aliphatic hydroxyl groups is 1. The molecule has 116 valence electrons. The third kappa shape index (κ3) is 2.99. The molecule has 2 fully saturated rings. The van der Waals surface area contributed by atoms with Gasteiger partial charge in [0.25, 0.3) is 0 Å². The van der Waals surface area contributed by atoms with Crippen molar-refractivity contribution in [2.45, 2.75) is 55.7 Å². The first-order chi connectivity index (χ1) is 9.44. The van der Waals surface area contributed by atoms with E-state index < -0.39 is 32.7 Å². The molecule has 0 bridgehead atoms. The van der Waals surface area contributed by atoms with Crippen molar-refractivity contribution < 1.29 is 23.1 Å². The van der Waals surface area contributed by atoms with E-state index in [4.69, 9.17) is 4.74 Å². The van der Waals surface area contributed by atoms with E-state index in [1.54, 1.807) is 0 Å². The predicted octanol–water partition coefficient (Wildman–Crippen LogP) is 0.553. The SMILES string of the molecule is COC(=O)C1CCCC1S(=O)(=O)NC1(CO)CCCC1. The van der Waals surface area contributed by atoms with Gasteiger partial charge in [-0.05, 0) is 25.7 Å². The predicted molar refractivity (Wildman–Crippen MR) is 73.5 cm³/mol. The Kier molecular flexibility index (Phi) is 4.71. The molecule has 2 N–H and O–H groups in total. The van der Waals surface area contributed by atoms with Gasteiger partial charge in [-0.2, -0.15) is 0 Å². The number of nitrogens with one attached hydrogen (secondary N) is 1. The number of rotatable bonds is 5. The van der Waals surface area contributed by atoms with E-state index in [-0.39, 0.29) is 6.61 Å². The van der Waals surface area contributed by atoms with Gasteiger partial charge in [-0.1, -0.05) is 19.3 Å². The van der Waals surface area contributed by atoms with E-state index in [1.807, 2.05) is 0 Å².